The van der Waals surface area contributed by atoms with E-state index in [9.17, 15) is 4.79 Å². The largest absolute Gasteiger partial charge is 0.372 e. The van der Waals surface area contributed by atoms with E-state index in [1.54, 1.807) is 13.8 Å². The SMILES string of the molecule is CCC1CN(C(=O)C(C)(C)N)CC(C)O1. The fourth-order valence-corrected chi connectivity index (χ4v) is 1.84. The molecule has 2 N–H and O–H groups in total. The second kappa shape index (κ2) is 4.49. The van der Waals surface area contributed by atoms with Gasteiger partial charge in [0.1, 0.15) is 0 Å². The van der Waals surface area contributed by atoms with E-state index in [-0.39, 0.29) is 18.1 Å². The molecule has 0 bridgehead atoms. The van der Waals surface area contributed by atoms with Gasteiger partial charge in [0, 0.05) is 13.1 Å². The topological polar surface area (TPSA) is 55.6 Å². The van der Waals surface area contributed by atoms with Crippen LogP contribution in [0.15, 0.2) is 0 Å². The lowest BCUT2D eigenvalue weighted by atomic mass is 10.0. The van der Waals surface area contributed by atoms with Crippen molar-refractivity contribution >= 4 is 5.91 Å². The zero-order valence-electron chi connectivity index (χ0n) is 10.1. The van der Waals surface area contributed by atoms with Gasteiger partial charge in [0.15, 0.2) is 0 Å². The predicted molar refractivity (Wildman–Crippen MR) is 59.5 cm³/mol. The normalized spacial score (nSPS) is 27.9. The van der Waals surface area contributed by atoms with Crippen LogP contribution in [0.4, 0.5) is 0 Å². The highest BCUT2D eigenvalue weighted by Gasteiger charge is 2.33. The molecule has 2 unspecified atom stereocenters. The van der Waals surface area contributed by atoms with Crippen molar-refractivity contribution in [2.75, 3.05) is 13.1 Å². The Bertz CT molecular complexity index is 235. The molecule has 2 atom stereocenters. The Morgan fingerprint density at radius 1 is 1.53 bits per heavy atom. The molecule has 0 aromatic carbocycles. The number of ether oxygens (including phenoxy) is 1. The van der Waals surface area contributed by atoms with E-state index < -0.39 is 5.54 Å². The summed E-state index contributed by atoms with van der Waals surface area (Å²) in [5.74, 6) is 0.0103. The number of morpholine rings is 1. The summed E-state index contributed by atoms with van der Waals surface area (Å²) in [7, 11) is 0. The lowest BCUT2D eigenvalue weighted by molar-refractivity contribution is -0.148. The van der Waals surface area contributed by atoms with Crippen LogP contribution in [-0.2, 0) is 9.53 Å². The van der Waals surface area contributed by atoms with Crippen LogP contribution in [-0.4, -0.2) is 41.6 Å². The Labute approximate surface area is 91.8 Å². The molecule has 0 radical (unpaired) electrons. The highest BCUT2D eigenvalue weighted by Crippen LogP contribution is 2.16. The minimum absolute atomic E-state index is 0.0103. The standard InChI is InChI=1S/C11H22N2O2/c1-5-9-7-13(6-8(2)15-9)10(14)11(3,4)12/h8-9H,5-7,12H2,1-4H3. The smallest absolute Gasteiger partial charge is 0.242 e. The van der Waals surface area contributed by atoms with E-state index in [2.05, 4.69) is 6.92 Å². The van der Waals surface area contributed by atoms with Gasteiger partial charge in [-0.25, -0.2) is 0 Å². The second-order valence-electron chi connectivity index (χ2n) is 4.91. The quantitative estimate of drug-likeness (QED) is 0.738. The maximum atomic E-state index is 12.0. The number of rotatable bonds is 2. The van der Waals surface area contributed by atoms with Crippen LogP contribution in [0.3, 0.4) is 0 Å². The van der Waals surface area contributed by atoms with Crippen molar-refractivity contribution in [1.82, 2.24) is 4.90 Å². The van der Waals surface area contributed by atoms with Gasteiger partial charge in [0.25, 0.3) is 0 Å². The van der Waals surface area contributed by atoms with Crippen molar-refractivity contribution in [1.29, 1.82) is 0 Å². The van der Waals surface area contributed by atoms with Crippen molar-refractivity contribution in [2.45, 2.75) is 51.9 Å². The van der Waals surface area contributed by atoms with Gasteiger partial charge >= 0.3 is 0 Å². The summed E-state index contributed by atoms with van der Waals surface area (Å²) < 4.78 is 5.69. The average Bonchev–Trinajstić information content (AvgIpc) is 2.14. The van der Waals surface area contributed by atoms with Crippen molar-refractivity contribution < 1.29 is 9.53 Å². The van der Waals surface area contributed by atoms with E-state index in [0.29, 0.717) is 13.1 Å². The average molecular weight is 214 g/mol. The molecule has 4 nitrogen and oxygen atoms in total. The minimum atomic E-state index is -0.782. The molecule has 4 heteroatoms. The van der Waals surface area contributed by atoms with Gasteiger partial charge in [-0.2, -0.15) is 0 Å². The molecule has 0 spiro atoms. The number of nitrogens with two attached hydrogens (primary N) is 1. The van der Waals surface area contributed by atoms with Crippen LogP contribution in [0.25, 0.3) is 0 Å². The molecule has 1 saturated heterocycles. The number of amides is 1. The first kappa shape index (κ1) is 12.5. The Morgan fingerprint density at radius 3 is 2.60 bits per heavy atom. The lowest BCUT2D eigenvalue weighted by Crippen LogP contribution is -2.57. The van der Waals surface area contributed by atoms with Gasteiger partial charge in [-0.3, -0.25) is 4.79 Å². The van der Waals surface area contributed by atoms with Gasteiger partial charge in [-0.1, -0.05) is 6.92 Å². The van der Waals surface area contributed by atoms with Crippen molar-refractivity contribution in [3.8, 4) is 0 Å². The molecular formula is C11H22N2O2. The summed E-state index contributed by atoms with van der Waals surface area (Å²) in [4.78, 5) is 13.8. The first-order valence-electron chi connectivity index (χ1n) is 5.58. The van der Waals surface area contributed by atoms with E-state index in [1.807, 2.05) is 11.8 Å². The molecule has 1 heterocycles. The zero-order valence-corrected chi connectivity index (χ0v) is 10.1. The number of carbonyl (C=O) groups excluding carboxylic acids is 1. The van der Waals surface area contributed by atoms with Gasteiger partial charge < -0.3 is 15.4 Å². The Hall–Kier alpha value is -0.610. The molecule has 88 valence electrons. The van der Waals surface area contributed by atoms with E-state index >= 15 is 0 Å². The summed E-state index contributed by atoms with van der Waals surface area (Å²) in [5.41, 5.74) is 5.03. The third-order valence-electron chi connectivity index (χ3n) is 2.62. The van der Waals surface area contributed by atoms with Crippen LogP contribution in [0, 0.1) is 0 Å². The third-order valence-corrected chi connectivity index (χ3v) is 2.62. The molecule has 0 aromatic rings. The minimum Gasteiger partial charge on any atom is -0.372 e. The molecule has 1 rings (SSSR count). The van der Waals surface area contributed by atoms with Crippen LogP contribution in [0.5, 0.6) is 0 Å². The lowest BCUT2D eigenvalue weighted by Gasteiger charge is -2.39. The van der Waals surface area contributed by atoms with E-state index in [1.165, 1.54) is 0 Å². The molecule has 15 heavy (non-hydrogen) atoms. The first-order valence-corrected chi connectivity index (χ1v) is 5.58. The molecule has 0 aromatic heterocycles. The summed E-state index contributed by atoms with van der Waals surface area (Å²) >= 11 is 0. The molecule has 0 aliphatic carbocycles. The number of hydrogen-bond acceptors (Lipinski definition) is 3. The molecule has 1 fully saturated rings. The molecule has 0 saturated carbocycles. The summed E-state index contributed by atoms with van der Waals surface area (Å²) in [6, 6.07) is 0. The summed E-state index contributed by atoms with van der Waals surface area (Å²) in [6.45, 7) is 8.87. The fraction of sp³-hybridized carbons (Fsp3) is 0.909. The van der Waals surface area contributed by atoms with Gasteiger partial charge in [0.05, 0.1) is 17.7 Å². The van der Waals surface area contributed by atoms with Gasteiger partial charge in [-0.15, -0.1) is 0 Å². The van der Waals surface area contributed by atoms with E-state index in [0.717, 1.165) is 6.42 Å². The van der Waals surface area contributed by atoms with Crippen LogP contribution >= 0.6 is 0 Å². The highest BCUT2D eigenvalue weighted by atomic mass is 16.5. The number of nitrogens with zero attached hydrogens (tertiary/aromatic N) is 1. The Kier molecular flexibility index (Phi) is 3.73. The van der Waals surface area contributed by atoms with Crippen molar-refractivity contribution in [3.05, 3.63) is 0 Å². The summed E-state index contributed by atoms with van der Waals surface area (Å²) in [5, 5.41) is 0. The molecule has 1 aliphatic heterocycles. The highest BCUT2D eigenvalue weighted by molar-refractivity contribution is 5.85. The number of hydrogen-bond donors (Lipinski definition) is 1. The molecular weight excluding hydrogens is 192 g/mol. The second-order valence-corrected chi connectivity index (χ2v) is 4.91. The van der Waals surface area contributed by atoms with Crippen LogP contribution < -0.4 is 5.73 Å². The van der Waals surface area contributed by atoms with Gasteiger partial charge in [-0.05, 0) is 27.2 Å². The number of carbonyl (C=O) groups is 1. The zero-order chi connectivity index (χ0) is 11.6. The summed E-state index contributed by atoms with van der Waals surface area (Å²) in [6.07, 6.45) is 1.19. The molecule has 1 aliphatic rings. The Morgan fingerprint density at radius 2 is 2.13 bits per heavy atom. The third kappa shape index (κ3) is 3.18. The van der Waals surface area contributed by atoms with Crippen molar-refractivity contribution in [3.63, 3.8) is 0 Å². The predicted octanol–water partition coefficient (Wildman–Crippen LogP) is 0.750. The van der Waals surface area contributed by atoms with Crippen LogP contribution in [0.2, 0.25) is 0 Å². The first-order chi connectivity index (χ1) is 6.84. The van der Waals surface area contributed by atoms with E-state index in [4.69, 9.17) is 10.5 Å². The van der Waals surface area contributed by atoms with Gasteiger partial charge in [0.2, 0.25) is 5.91 Å². The fourth-order valence-electron chi connectivity index (χ4n) is 1.84. The monoisotopic (exact) mass is 214 g/mol. The molecule has 1 amide bonds. The maximum absolute atomic E-state index is 12.0. The maximum Gasteiger partial charge on any atom is 0.242 e. The van der Waals surface area contributed by atoms with Crippen molar-refractivity contribution in [2.24, 2.45) is 5.73 Å². The van der Waals surface area contributed by atoms with Crippen LogP contribution in [0.1, 0.15) is 34.1 Å². The Balaban J connectivity index is 2.66.